The van der Waals surface area contributed by atoms with Crippen molar-refractivity contribution in [2.75, 3.05) is 6.54 Å². The summed E-state index contributed by atoms with van der Waals surface area (Å²) >= 11 is 0. The molecule has 0 fully saturated rings. The zero-order chi connectivity index (χ0) is 10.9. The van der Waals surface area contributed by atoms with Gasteiger partial charge in [0.25, 0.3) is 0 Å². The van der Waals surface area contributed by atoms with Crippen molar-refractivity contribution in [2.45, 2.75) is 32.7 Å². The first-order chi connectivity index (χ1) is 7.33. The van der Waals surface area contributed by atoms with Gasteiger partial charge in [-0.15, -0.1) is 0 Å². The first-order valence-electron chi connectivity index (χ1n) is 5.33. The Morgan fingerprint density at radius 2 is 2.27 bits per heavy atom. The SMILES string of the molecule is Cc1cccc(CNCCCCC#N)n1. The molecule has 0 amide bonds. The van der Waals surface area contributed by atoms with Gasteiger partial charge in [-0.25, -0.2) is 0 Å². The molecular formula is C12H17N3. The van der Waals surface area contributed by atoms with Crippen molar-refractivity contribution >= 4 is 0 Å². The van der Waals surface area contributed by atoms with E-state index in [-0.39, 0.29) is 0 Å². The van der Waals surface area contributed by atoms with Crippen LogP contribution in [0.1, 0.15) is 30.7 Å². The summed E-state index contributed by atoms with van der Waals surface area (Å²) in [4.78, 5) is 4.39. The molecule has 0 aliphatic heterocycles. The van der Waals surface area contributed by atoms with Gasteiger partial charge in [-0.1, -0.05) is 6.07 Å². The number of nitrogens with zero attached hydrogens (tertiary/aromatic N) is 2. The van der Waals surface area contributed by atoms with Gasteiger partial charge >= 0.3 is 0 Å². The van der Waals surface area contributed by atoms with Crippen LogP contribution in [0.2, 0.25) is 0 Å². The number of hydrogen-bond donors (Lipinski definition) is 1. The highest BCUT2D eigenvalue weighted by Crippen LogP contribution is 1.98. The number of aromatic nitrogens is 1. The first kappa shape index (κ1) is 11.7. The molecule has 0 saturated heterocycles. The van der Waals surface area contributed by atoms with E-state index in [2.05, 4.69) is 16.4 Å². The molecule has 1 aromatic rings. The molecule has 80 valence electrons. The number of aryl methyl sites for hydroxylation is 1. The van der Waals surface area contributed by atoms with Crippen LogP contribution < -0.4 is 5.32 Å². The third-order valence-corrected chi connectivity index (χ3v) is 2.14. The fraction of sp³-hybridized carbons (Fsp3) is 0.500. The van der Waals surface area contributed by atoms with E-state index in [0.29, 0.717) is 6.42 Å². The Kier molecular flexibility index (Phi) is 5.42. The largest absolute Gasteiger partial charge is 0.311 e. The van der Waals surface area contributed by atoms with Crippen LogP contribution >= 0.6 is 0 Å². The average Bonchev–Trinajstić information content (AvgIpc) is 2.23. The molecular weight excluding hydrogens is 186 g/mol. The van der Waals surface area contributed by atoms with Crippen LogP contribution in [-0.2, 0) is 6.54 Å². The molecule has 3 heteroatoms. The molecule has 15 heavy (non-hydrogen) atoms. The lowest BCUT2D eigenvalue weighted by Crippen LogP contribution is -2.15. The molecule has 0 bridgehead atoms. The maximum atomic E-state index is 8.35. The zero-order valence-electron chi connectivity index (χ0n) is 9.16. The maximum Gasteiger partial charge on any atom is 0.0621 e. The third kappa shape index (κ3) is 5.14. The highest BCUT2D eigenvalue weighted by Gasteiger charge is 1.94. The summed E-state index contributed by atoms with van der Waals surface area (Å²) in [5, 5.41) is 11.7. The van der Waals surface area contributed by atoms with Gasteiger partial charge in [0.05, 0.1) is 11.8 Å². The van der Waals surface area contributed by atoms with Crippen molar-refractivity contribution in [1.29, 1.82) is 5.26 Å². The van der Waals surface area contributed by atoms with Crippen molar-refractivity contribution < 1.29 is 0 Å². The topological polar surface area (TPSA) is 48.7 Å². The zero-order valence-corrected chi connectivity index (χ0v) is 9.16. The lowest BCUT2D eigenvalue weighted by Gasteiger charge is -2.03. The summed E-state index contributed by atoms with van der Waals surface area (Å²) in [6.45, 7) is 3.77. The Hall–Kier alpha value is -1.40. The van der Waals surface area contributed by atoms with E-state index < -0.39 is 0 Å². The molecule has 0 spiro atoms. The smallest absolute Gasteiger partial charge is 0.0621 e. The summed E-state index contributed by atoms with van der Waals surface area (Å²) in [5.41, 5.74) is 2.13. The predicted molar refractivity (Wildman–Crippen MR) is 60.1 cm³/mol. The summed E-state index contributed by atoms with van der Waals surface area (Å²) in [6, 6.07) is 8.19. The molecule has 0 radical (unpaired) electrons. The molecule has 0 atom stereocenters. The predicted octanol–water partition coefficient (Wildman–Crippen LogP) is 2.17. The van der Waals surface area contributed by atoms with Gasteiger partial charge in [0.2, 0.25) is 0 Å². The van der Waals surface area contributed by atoms with E-state index in [4.69, 9.17) is 5.26 Å². The van der Waals surface area contributed by atoms with Crippen LogP contribution in [0.15, 0.2) is 18.2 Å². The Bertz CT molecular complexity index is 328. The number of unbranched alkanes of at least 4 members (excludes halogenated alkanes) is 2. The second-order valence-corrected chi connectivity index (χ2v) is 3.56. The second-order valence-electron chi connectivity index (χ2n) is 3.56. The minimum Gasteiger partial charge on any atom is -0.311 e. The van der Waals surface area contributed by atoms with Gasteiger partial charge in [-0.3, -0.25) is 4.98 Å². The minimum atomic E-state index is 0.657. The molecule has 1 N–H and O–H groups in total. The summed E-state index contributed by atoms with van der Waals surface area (Å²) in [5.74, 6) is 0. The van der Waals surface area contributed by atoms with Gasteiger partial charge in [0.15, 0.2) is 0 Å². The van der Waals surface area contributed by atoms with Crippen molar-refractivity contribution in [3.63, 3.8) is 0 Å². The molecule has 1 rings (SSSR count). The summed E-state index contributed by atoms with van der Waals surface area (Å²) in [6.07, 6.45) is 2.69. The van der Waals surface area contributed by atoms with Crippen molar-refractivity contribution in [3.05, 3.63) is 29.6 Å². The maximum absolute atomic E-state index is 8.35. The van der Waals surface area contributed by atoms with Crippen LogP contribution in [0.3, 0.4) is 0 Å². The lowest BCUT2D eigenvalue weighted by atomic mass is 10.2. The standard InChI is InChI=1S/C12H17N3/c1-11-6-5-7-12(15-11)10-14-9-4-2-3-8-13/h5-7,14H,2-4,9-10H2,1H3. The van der Waals surface area contributed by atoms with E-state index >= 15 is 0 Å². The van der Waals surface area contributed by atoms with Crippen LogP contribution in [0.5, 0.6) is 0 Å². The summed E-state index contributed by atoms with van der Waals surface area (Å²) < 4.78 is 0. The molecule has 0 aliphatic rings. The summed E-state index contributed by atoms with van der Waals surface area (Å²) in [7, 11) is 0. The molecule has 1 heterocycles. The third-order valence-electron chi connectivity index (χ3n) is 2.14. The van der Waals surface area contributed by atoms with Crippen molar-refractivity contribution in [1.82, 2.24) is 10.3 Å². The number of hydrogen-bond acceptors (Lipinski definition) is 3. The molecule has 3 nitrogen and oxygen atoms in total. The normalized spacial score (nSPS) is 9.87. The molecule has 0 unspecified atom stereocenters. The van der Waals surface area contributed by atoms with Crippen molar-refractivity contribution in [2.24, 2.45) is 0 Å². The van der Waals surface area contributed by atoms with Gasteiger partial charge < -0.3 is 5.32 Å². The van der Waals surface area contributed by atoms with Gasteiger partial charge in [0.1, 0.15) is 0 Å². The van der Waals surface area contributed by atoms with Crippen LogP contribution in [0.4, 0.5) is 0 Å². The highest BCUT2D eigenvalue weighted by molar-refractivity contribution is 5.09. The van der Waals surface area contributed by atoms with Gasteiger partial charge in [-0.2, -0.15) is 5.26 Å². The van der Waals surface area contributed by atoms with E-state index in [1.54, 1.807) is 0 Å². The molecule has 1 aromatic heterocycles. The number of pyridine rings is 1. The Balaban J connectivity index is 2.13. The second kappa shape index (κ2) is 6.97. The Morgan fingerprint density at radius 1 is 1.40 bits per heavy atom. The highest BCUT2D eigenvalue weighted by atomic mass is 14.9. The van der Waals surface area contributed by atoms with Gasteiger partial charge in [0, 0.05) is 18.7 Å². The number of nitrogens with one attached hydrogen (secondary N) is 1. The van der Waals surface area contributed by atoms with E-state index in [1.165, 1.54) is 0 Å². The number of nitriles is 1. The van der Waals surface area contributed by atoms with Crippen LogP contribution in [-0.4, -0.2) is 11.5 Å². The van der Waals surface area contributed by atoms with Gasteiger partial charge in [-0.05, 0) is 38.4 Å². The molecule has 0 saturated carbocycles. The Morgan fingerprint density at radius 3 is 3.00 bits per heavy atom. The lowest BCUT2D eigenvalue weighted by molar-refractivity contribution is 0.621. The van der Waals surface area contributed by atoms with E-state index in [1.807, 2.05) is 25.1 Å². The quantitative estimate of drug-likeness (QED) is 0.721. The molecule has 0 aliphatic carbocycles. The molecule has 0 aromatic carbocycles. The number of rotatable bonds is 6. The van der Waals surface area contributed by atoms with Crippen LogP contribution in [0, 0.1) is 18.3 Å². The van der Waals surface area contributed by atoms with Crippen molar-refractivity contribution in [3.8, 4) is 6.07 Å². The Labute approximate surface area is 91.1 Å². The first-order valence-corrected chi connectivity index (χ1v) is 5.33. The fourth-order valence-corrected chi connectivity index (χ4v) is 1.37. The fourth-order valence-electron chi connectivity index (χ4n) is 1.37. The monoisotopic (exact) mass is 203 g/mol. The minimum absolute atomic E-state index is 0.657. The van der Waals surface area contributed by atoms with E-state index in [0.717, 1.165) is 37.3 Å². The average molecular weight is 203 g/mol. The van der Waals surface area contributed by atoms with E-state index in [9.17, 15) is 0 Å². The van der Waals surface area contributed by atoms with Crippen LogP contribution in [0.25, 0.3) is 0 Å².